The highest BCUT2D eigenvalue weighted by molar-refractivity contribution is 7.71. The van der Waals surface area contributed by atoms with Crippen LogP contribution >= 0.6 is 12.2 Å². The molecule has 104 valence electrons. The number of hydrogen-bond donors (Lipinski definition) is 1. The van der Waals surface area contributed by atoms with E-state index in [1.54, 1.807) is 18.1 Å². The molecule has 0 fully saturated rings. The van der Waals surface area contributed by atoms with E-state index in [1.807, 2.05) is 29.8 Å². The summed E-state index contributed by atoms with van der Waals surface area (Å²) in [4.78, 5) is 7.42. The van der Waals surface area contributed by atoms with E-state index >= 15 is 0 Å². The first-order valence-electron chi connectivity index (χ1n) is 6.28. The zero-order valence-corrected chi connectivity index (χ0v) is 12.1. The summed E-state index contributed by atoms with van der Waals surface area (Å²) < 4.78 is 9.71. The SMILES string of the molecule is COc1ccc2[nH]c(=S)n(CCc3ncn(C)n3)c2c1. The van der Waals surface area contributed by atoms with Crippen molar-refractivity contribution in [2.24, 2.45) is 7.05 Å². The van der Waals surface area contributed by atoms with Crippen LogP contribution in [0.4, 0.5) is 0 Å². The smallest absolute Gasteiger partial charge is 0.178 e. The summed E-state index contributed by atoms with van der Waals surface area (Å²) >= 11 is 5.37. The Labute approximate surface area is 121 Å². The summed E-state index contributed by atoms with van der Waals surface area (Å²) in [6, 6.07) is 5.87. The van der Waals surface area contributed by atoms with E-state index in [-0.39, 0.29) is 0 Å². The van der Waals surface area contributed by atoms with Gasteiger partial charge in [-0.1, -0.05) is 0 Å². The molecule has 0 aliphatic carbocycles. The van der Waals surface area contributed by atoms with E-state index in [1.165, 1.54) is 0 Å². The first-order chi connectivity index (χ1) is 9.67. The number of imidazole rings is 1. The van der Waals surface area contributed by atoms with Crippen molar-refractivity contribution in [1.29, 1.82) is 0 Å². The second-order valence-electron chi connectivity index (χ2n) is 4.55. The Morgan fingerprint density at radius 2 is 2.25 bits per heavy atom. The van der Waals surface area contributed by atoms with Crippen molar-refractivity contribution >= 4 is 23.3 Å². The lowest BCUT2D eigenvalue weighted by Gasteiger charge is -2.04. The highest BCUT2D eigenvalue weighted by Gasteiger charge is 2.07. The third-order valence-electron chi connectivity index (χ3n) is 3.19. The van der Waals surface area contributed by atoms with Gasteiger partial charge in [-0.25, -0.2) is 4.98 Å². The number of fused-ring (bicyclic) bond motifs is 1. The Kier molecular flexibility index (Phi) is 3.27. The monoisotopic (exact) mass is 289 g/mol. The first kappa shape index (κ1) is 12.9. The van der Waals surface area contributed by atoms with Gasteiger partial charge in [0.1, 0.15) is 12.1 Å². The van der Waals surface area contributed by atoms with Crippen LogP contribution in [-0.2, 0) is 20.0 Å². The Morgan fingerprint density at radius 3 is 2.95 bits per heavy atom. The lowest BCUT2D eigenvalue weighted by Crippen LogP contribution is -2.03. The van der Waals surface area contributed by atoms with Crippen LogP contribution in [0.1, 0.15) is 5.82 Å². The van der Waals surface area contributed by atoms with Gasteiger partial charge < -0.3 is 14.3 Å². The summed E-state index contributed by atoms with van der Waals surface area (Å²) in [5, 5.41) is 4.28. The molecule has 7 heteroatoms. The number of aromatic amines is 1. The van der Waals surface area contributed by atoms with Gasteiger partial charge in [0, 0.05) is 26.1 Å². The maximum absolute atomic E-state index is 5.37. The summed E-state index contributed by atoms with van der Waals surface area (Å²) in [5.74, 6) is 1.63. The second kappa shape index (κ2) is 5.09. The number of nitrogens with zero attached hydrogens (tertiary/aromatic N) is 4. The van der Waals surface area contributed by atoms with E-state index in [4.69, 9.17) is 17.0 Å². The number of aromatic nitrogens is 5. The van der Waals surface area contributed by atoms with Crippen molar-refractivity contribution in [3.63, 3.8) is 0 Å². The topological polar surface area (TPSA) is 60.7 Å². The lowest BCUT2D eigenvalue weighted by molar-refractivity contribution is 0.415. The van der Waals surface area contributed by atoms with Gasteiger partial charge in [0.15, 0.2) is 10.6 Å². The summed E-state index contributed by atoms with van der Waals surface area (Å²) in [6.07, 6.45) is 2.44. The average molecular weight is 289 g/mol. The van der Waals surface area contributed by atoms with Gasteiger partial charge in [-0.15, -0.1) is 0 Å². The Morgan fingerprint density at radius 1 is 1.40 bits per heavy atom. The summed E-state index contributed by atoms with van der Waals surface area (Å²) in [7, 11) is 3.52. The van der Waals surface area contributed by atoms with Gasteiger partial charge in [-0.05, 0) is 24.4 Å². The summed E-state index contributed by atoms with van der Waals surface area (Å²) in [6.45, 7) is 0.732. The number of rotatable bonds is 4. The average Bonchev–Trinajstić information content (AvgIpc) is 2.98. The number of hydrogen-bond acceptors (Lipinski definition) is 4. The highest BCUT2D eigenvalue weighted by Crippen LogP contribution is 2.20. The minimum Gasteiger partial charge on any atom is -0.497 e. The predicted molar refractivity (Wildman–Crippen MR) is 78.4 cm³/mol. The standard InChI is InChI=1S/C13H15N5OS/c1-17-8-14-12(16-17)5-6-18-11-7-9(19-2)3-4-10(11)15-13(18)20/h3-4,7-8H,5-6H2,1-2H3,(H,15,20). The molecule has 1 aromatic carbocycles. The van der Waals surface area contributed by atoms with E-state index < -0.39 is 0 Å². The number of H-pyrrole nitrogens is 1. The van der Waals surface area contributed by atoms with Crippen molar-refractivity contribution in [3.05, 3.63) is 35.1 Å². The molecule has 0 radical (unpaired) electrons. The fourth-order valence-corrected chi connectivity index (χ4v) is 2.49. The number of methoxy groups -OCH3 is 1. The number of benzene rings is 1. The molecule has 1 N–H and O–H groups in total. The van der Waals surface area contributed by atoms with Crippen molar-refractivity contribution in [3.8, 4) is 5.75 Å². The summed E-state index contributed by atoms with van der Waals surface area (Å²) in [5.41, 5.74) is 2.04. The Balaban J connectivity index is 1.93. The largest absolute Gasteiger partial charge is 0.497 e. The van der Waals surface area contributed by atoms with Crippen molar-refractivity contribution in [2.75, 3.05) is 7.11 Å². The van der Waals surface area contributed by atoms with Crippen LogP contribution in [0, 0.1) is 4.77 Å². The van der Waals surface area contributed by atoms with Crippen molar-refractivity contribution in [2.45, 2.75) is 13.0 Å². The maximum atomic E-state index is 5.37. The fourth-order valence-electron chi connectivity index (χ4n) is 2.19. The van der Waals surface area contributed by atoms with Gasteiger partial charge in [0.05, 0.1) is 18.1 Å². The molecular formula is C13H15N5OS. The van der Waals surface area contributed by atoms with Gasteiger partial charge in [-0.3, -0.25) is 4.68 Å². The molecule has 0 atom stereocenters. The Hall–Kier alpha value is -2.15. The maximum Gasteiger partial charge on any atom is 0.178 e. The third kappa shape index (κ3) is 2.32. The minimum atomic E-state index is 0.698. The molecule has 0 aliphatic heterocycles. The normalized spacial score (nSPS) is 11.1. The number of ether oxygens (including phenoxy) is 1. The van der Waals surface area contributed by atoms with Gasteiger partial charge in [0.25, 0.3) is 0 Å². The molecule has 0 bridgehead atoms. The number of aryl methyl sites for hydroxylation is 3. The molecule has 0 saturated heterocycles. The zero-order valence-electron chi connectivity index (χ0n) is 11.3. The Bertz CT molecular complexity index is 801. The van der Waals surface area contributed by atoms with Crippen molar-refractivity contribution in [1.82, 2.24) is 24.3 Å². The molecular weight excluding hydrogens is 274 g/mol. The predicted octanol–water partition coefficient (Wildman–Crippen LogP) is 2.08. The lowest BCUT2D eigenvalue weighted by atomic mass is 10.3. The van der Waals surface area contributed by atoms with Crippen LogP contribution in [0.3, 0.4) is 0 Å². The third-order valence-corrected chi connectivity index (χ3v) is 3.51. The van der Waals surface area contributed by atoms with E-state index in [9.17, 15) is 0 Å². The molecule has 3 aromatic rings. The molecule has 0 saturated carbocycles. The number of nitrogens with one attached hydrogen (secondary N) is 1. The molecule has 6 nitrogen and oxygen atoms in total. The van der Waals surface area contributed by atoms with Crippen molar-refractivity contribution < 1.29 is 4.74 Å². The molecule has 2 heterocycles. The van der Waals surface area contributed by atoms with Crippen LogP contribution in [0.25, 0.3) is 11.0 Å². The quantitative estimate of drug-likeness (QED) is 0.747. The molecule has 0 unspecified atom stereocenters. The fraction of sp³-hybridized carbons (Fsp3) is 0.308. The molecule has 3 rings (SSSR count). The second-order valence-corrected chi connectivity index (χ2v) is 4.94. The van der Waals surface area contributed by atoms with Crippen LogP contribution < -0.4 is 4.74 Å². The molecule has 20 heavy (non-hydrogen) atoms. The minimum absolute atomic E-state index is 0.698. The van der Waals surface area contributed by atoms with Crippen LogP contribution in [0.2, 0.25) is 0 Å². The zero-order chi connectivity index (χ0) is 14.1. The van der Waals surface area contributed by atoms with Crippen LogP contribution in [0.15, 0.2) is 24.5 Å². The first-order valence-corrected chi connectivity index (χ1v) is 6.69. The van der Waals surface area contributed by atoms with Gasteiger partial charge in [0.2, 0.25) is 0 Å². The van der Waals surface area contributed by atoms with Crippen LogP contribution in [-0.4, -0.2) is 31.4 Å². The van der Waals surface area contributed by atoms with Crippen LogP contribution in [0.5, 0.6) is 5.75 Å². The van der Waals surface area contributed by atoms with E-state index in [0.29, 0.717) is 4.77 Å². The molecule has 0 spiro atoms. The molecule has 0 amide bonds. The van der Waals surface area contributed by atoms with E-state index in [0.717, 1.165) is 35.6 Å². The van der Waals surface area contributed by atoms with Gasteiger partial charge >= 0.3 is 0 Å². The highest BCUT2D eigenvalue weighted by atomic mass is 32.1. The molecule has 0 aliphatic rings. The van der Waals surface area contributed by atoms with Gasteiger partial charge in [-0.2, -0.15) is 5.10 Å². The molecule has 2 aromatic heterocycles. The van der Waals surface area contributed by atoms with E-state index in [2.05, 4.69) is 15.1 Å².